The Labute approximate surface area is 99.9 Å². The minimum Gasteiger partial charge on any atom is -0.497 e. The SMILES string of the molecule is COc1ccc(OC)c(C[C@H](OC)C(=O)O)c1. The Bertz CT molecular complexity index is 388. The molecule has 1 aromatic carbocycles. The van der Waals surface area contributed by atoms with Gasteiger partial charge >= 0.3 is 5.97 Å². The summed E-state index contributed by atoms with van der Waals surface area (Å²) in [7, 11) is 4.45. The number of rotatable bonds is 6. The molecule has 0 heterocycles. The van der Waals surface area contributed by atoms with Gasteiger partial charge in [-0.15, -0.1) is 0 Å². The first-order chi connectivity index (χ1) is 8.12. The fourth-order valence-electron chi connectivity index (χ4n) is 1.51. The van der Waals surface area contributed by atoms with Crippen molar-refractivity contribution in [1.29, 1.82) is 0 Å². The molecule has 1 N–H and O–H groups in total. The maximum atomic E-state index is 10.9. The van der Waals surface area contributed by atoms with Gasteiger partial charge in [0.15, 0.2) is 6.10 Å². The van der Waals surface area contributed by atoms with Gasteiger partial charge in [0.05, 0.1) is 14.2 Å². The van der Waals surface area contributed by atoms with Crippen LogP contribution in [0.1, 0.15) is 5.56 Å². The van der Waals surface area contributed by atoms with E-state index in [0.717, 1.165) is 5.56 Å². The number of carboxylic acid groups (broad SMARTS) is 1. The smallest absolute Gasteiger partial charge is 0.333 e. The molecule has 1 aromatic rings. The number of ether oxygens (including phenoxy) is 3. The predicted molar refractivity (Wildman–Crippen MR) is 61.7 cm³/mol. The van der Waals surface area contributed by atoms with E-state index in [2.05, 4.69) is 0 Å². The second-order valence-corrected chi connectivity index (χ2v) is 3.44. The first-order valence-corrected chi connectivity index (χ1v) is 5.08. The summed E-state index contributed by atoms with van der Waals surface area (Å²) in [4.78, 5) is 10.9. The van der Waals surface area contributed by atoms with E-state index in [1.165, 1.54) is 14.2 Å². The largest absolute Gasteiger partial charge is 0.497 e. The van der Waals surface area contributed by atoms with Crippen molar-refractivity contribution in [1.82, 2.24) is 0 Å². The number of hydrogen-bond acceptors (Lipinski definition) is 4. The van der Waals surface area contributed by atoms with Crippen LogP contribution in [-0.2, 0) is 16.0 Å². The highest BCUT2D eigenvalue weighted by Gasteiger charge is 2.19. The molecule has 0 aromatic heterocycles. The van der Waals surface area contributed by atoms with Crippen LogP contribution in [0.25, 0.3) is 0 Å². The molecule has 0 spiro atoms. The molecule has 0 bridgehead atoms. The summed E-state index contributed by atoms with van der Waals surface area (Å²) in [5, 5.41) is 8.93. The molecular weight excluding hydrogens is 224 g/mol. The van der Waals surface area contributed by atoms with Crippen LogP contribution in [0.3, 0.4) is 0 Å². The maximum absolute atomic E-state index is 10.9. The summed E-state index contributed by atoms with van der Waals surface area (Å²) in [5.74, 6) is 0.271. The molecule has 0 saturated carbocycles. The molecule has 0 saturated heterocycles. The summed E-state index contributed by atoms with van der Waals surface area (Å²) < 4.78 is 15.1. The van der Waals surface area contributed by atoms with Crippen LogP contribution < -0.4 is 9.47 Å². The molecule has 0 amide bonds. The first kappa shape index (κ1) is 13.3. The van der Waals surface area contributed by atoms with Crippen LogP contribution in [0.2, 0.25) is 0 Å². The molecule has 94 valence electrons. The van der Waals surface area contributed by atoms with Gasteiger partial charge in [-0.25, -0.2) is 4.79 Å². The zero-order chi connectivity index (χ0) is 12.8. The highest BCUT2D eigenvalue weighted by Crippen LogP contribution is 2.25. The molecule has 0 fully saturated rings. The Morgan fingerprint density at radius 1 is 1.29 bits per heavy atom. The van der Waals surface area contributed by atoms with E-state index in [1.54, 1.807) is 25.3 Å². The second-order valence-electron chi connectivity index (χ2n) is 3.44. The maximum Gasteiger partial charge on any atom is 0.333 e. The highest BCUT2D eigenvalue weighted by molar-refractivity contribution is 5.73. The Morgan fingerprint density at radius 2 is 2.00 bits per heavy atom. The molecule has 0 radical (unpaired) electrons. The van der Waals surface area contributed by atoms with Crippen LogP contribution >= 0.6 is 0 Å². The second kappa shape index (κ2) is 6.10. The lowest BCUT2D eigenvalue weighted by Crippen LogP contribution is -2.25. The zero-order valence-corrected chi connectivity index (χ0v) is 10.1. The van der Waals surface area contributed by atoms with Crippen molar-refractivity contribution in [3.05, 3.63) is 23.8 Å². The van der Waals surface area contributed by atoms with Gasteiger partial charge in [-0.1, -0.05) is 0 Å². The van der Waals surface area contributed by atoms with Crippen molar-refractivity contribution in [2.45, 2.75) is 12.5 Å². The highest BCUT2D eigenvalue weighted by atomic mass is 16.5. The van der Waals surface area contributed by atoms with Gasteiger partial charge in [-0.2, -0.15) is 0 Å². The topological polar surface area (TPSA) is 65.0 Å². The number of methoxy groups -OCH3 is 3. The van der Waals surface area contributed by atoms with Crippen LogP contribution in [-0.4, -0.2) is 38.5 Å². The minimum atomic E-state index is -1.00. The fourth-order valence-corrected chi connectivity index (χ4v) is 1.51. The third-order valence-corrected chi connectivity index (χ3v) is 2.45. The number of hydrogen-bond donors (Lipinski definition) is 1. The van der Waals surface area contributed by atoms with E-state index in [1.807, 2.05) is 0 Å². The first-order valence-electron chi connectivity index (χ1n) is 5.08. The Morgan fingerprint density at radius 3 is 2.47 bits per heavy atom. The van der Waals surface area contributed by atoms with E-state index in [4.69, 9.17) is 19.3 Å². The molecule has 5 nitrogen and oxygen atoms in total. The standard InChI is InChI=1S/C12H16O5/c1-15-9-4-5-10(16-2)8(6-9)7-11(17-3)12(13)14/h4-6,11H,7H2,1-3H3,(H,13,14)/t11-/m0/s1. The molecule has 0 aliphatic rings. The van der Waals surface area contributed by atoms with E-state index in [0.29, 0.717) is 11.5 Å². The lowest BCUT2D eigenvalue weighted by atomic mass is 10.1. The van der Waals surface area contributed by atoms with Gasteiger partial charge < -0.3 is 19.3 Å². The average molecular weight is 240 g/mol. The minimum absolute atomic E-state index is 0.228. The van der Waals surface area contributed by atoms with Crippen molar-refractivity contribution >= 4 is 5.97 Å². The monoisotopic (exact) mass is 240 g/mol. The predicted octanol–water partition coefficient (Wildman–Crippen LogP) is 1.35. The normalized spacial score (nSPS) is 11.9. The van der Waals surface area contributed by atoms with E-state index >= 15 is 0 Å². The van der Waals surface area contributed by atoms with Gasteiger partial charge in [0.1, 0.15) is 11.5 Å². The Kier molecular flexibility index (Phi) is 4.78. The lowest BCUT2D eigenvalue weighted by Gasteiger charge is -2.14. The zero-order valence-electron chi connectivity index (χ0n) is 10.1. The number of carbonyl (C=O) groups is 1. The lowest BCUT2D eigenvalue weighted by molar-refractivity contribution is -0.148. The van der Waals surface area contributed by atoms with Gasteiger partial charge in [0.2, 0.25) is 0 Å². The third-order valence-electron chi connectivity index (χ3n) is 2.45. The van der Waals surface area contributed by atoms with Crippen molar-refractivity contribution in [3.63, 3.8) is 0 Å². The van der Waals surface area contributed by atoms with E-state index in [-0.39, 0.29) is 6.42 Å². The summed E-state index contributed by atoms with van der Waals surface area (Å²) in [6.07, 6.45) is -0.664. The van der Waals surface area contributed by atoms with Gasteiger partial charge in [0.25, 0.3) is 0 Å². The molecule has 17 heavy (non-hydrogen) atoms. The average Bonchev–Trinajstić information content (AvgIpc) is 2.35. The van der Waals surface area contributed by atoms with Gasteiger partial charge in [-0.05, 0) is 18.2 Å². The van der Waals surface area contributed by atoms with Crippen molar-refractivity contribution < 1.29 is 24.1 Å². The van der Waals surface area contributed by atoms with E-state index < -0.39 is 12.1 Å². The summed E-state index contributed by atoms with van der Waals surface area (Å²) in [6, 6.07) is 5.24. The fraction of sp³-hybridized carbons (Fsp3) is 0.417. The molecule has 1 atom stereocenters. The molecule has 5 heteroatoms. The number of carboxylic acids is 1. The van der Waals surface area contributed by atoms with Crippen LogP contribution in [0.5, 0.6) is 11.5 Å². The molecular formula is C12H16O5. The van der Waals surface area contributed by atoms with Crippen LogP contribution in [0.4, 0.5) is 0 Å². The van der Waals surface area contributed by atoms with Crippen LogP contribution in [0, 0.1) is 0 Å². The van der Waals surface area contributed by atoms with Crippen molar-refractivity contribution in [2.75, 3.05) is 21.3 Å². The summed E-state index contributed by atoms with van der Waals surface area (Å²) in [5.41, 5.74) is 0.737. The Balaban J connectivity index is 2.97. The number of benzene rings is 1. The third kappa shape index (κ3) is 3.35. The quantitative estimate of drug-likeness (QED) is 0.813. The molecule has 0 aliphatic heterocycles. The summed E-state index contributed by atoms with van der Waals surface area (Å²) in [6.45, 7) is 0. The van der Waals surface area contributed by atoms with Gasteiger partial charge in [-0.3, -0.25) is 0 Å². The molecule has 1 rings (SSSR count). The molecule has 0 aliphatic carbocycles. The van der Waals surface area contributed by atoms with Crippen LogP contribution in [0.15, 0.2) is 18.2 Å². The van der Waals surface area contributed by atoms with Crippen molar-refractivity contribution in [2.24, 2.45) is 0 Å². The Hall–Kier alpha value is -1.75. The summed E-state index contributed by atoms with van der Waals surface area (Å²) >= 11 is 0. The van der Waals surface area contributed by atoms with Crippen molar-refractivity contribution in [3.8, 4) is 11.5 Å². The van der Waals surface area contributed by atoms with E-state index in [9.17, 15) is 4.79 Å². The number of aliphatic carboxylic acids is 1. The molecule has 0 unspecified atom stereocenters. The van der Waals surface area contributed by atoms with Gasteiger partial charge in [0, 0.05) is 19.1 Å².